The molecule has 0 saturated heterocycles. The van der Waals surface area contributed by atoms with E-state index in [0.29, 0.717) is 12.0 Å². The van der Waals surface area contributed by atoms with Crippen molar-refractivity contribution in [2.45, 2.75) is 40.7 Å². The second-order valence-electron chi connectivity index (χ2n) is 5.76. The first-order chi connectivity index (χ1) is 9.23. The fraction of sp³-hybridized carbons (Fsp3) is 0.600. The third kappa shape index (κ3) is 3.85. The minimum absolute atomic E-state index is 0.323. The smallest absolute Gasteiger partial charge is 0.328 e. The Kier molecular flexibility index (Phi) is 5.36. The van der Waals surface area contributed by atoms with Gasteiger partial charge in [-0.1, -0.05) is 13.8 Å². The molecular weight excluding hydrogens is 254 g/mol. The number of rotatable bonds is 6. The van der Waals surface area contributed by atoms with Crippen LogP contribution in [0.5, 0.6) is 0 Å². The minimum Gasteiger partial charge on any atom is -0.478 e. The fourth-order valence-electron chi connectivity index (χ4n) is 2.29. The van der Waals surface area contributed by atoms with Crippen molar-refractivity contribution >= 4 is 17.9 Å². The number of carboxylic acids is 1. The van der Waals surface area contributed by atoms with Crippen molar-refractivity contribution in [3.05, 3.63) is 17.3 Å². The van der Waals surface area contributed by atoms with Gasteiger partial charge in [0.05, 0.1) is 5.69 Å². The molecule has 0 aromatic carbocycles. The maximum atomic E-state index is 10.8. The molecule has 0 unspecified atom stereocenters. The van der Waals surface area contributed by atoms with Crippen LogP contribution < -0.4 is 4.90 Å². The van der Waals surface area contributed by atoms with Crippen LogP contribution in [0.1, 0.15) is 39.0 Å². The maximum absolute atomic E-state index is 10.8. The monoisotopic (exact) mass is 279 g/mol. The summed E-state index contributed by atoms with van der Waals surface area (Å²) in [7, 11) is 1.90. The summed E-state index contributed by atoms with van der Waals surface area (Å²) in [5, 5.41) is 13.3. The summed E-state index contributed by atoms with van der Waals surface area (Å²) in [6.45, 7) is 11.4. The molecule has 0 saturated carbocycles. The summed E-state index contributed by atoms with van der Waals surface area (Å²) in [4.78, 5) is 13.0. The lowest BCUT2D eigenvalue weighted by Gasteiger charge is -2.31. The number of carbonyl (C=O) groups is 1. The van der Waals surface area contributed by atoms with Gasteiger partial charge in [-0.2, -0.15) is 5.10 Å². The Morgan fingerprint density at radius 2 is 2.00 bits per heavy atom. The molecule has 1 rings (SSSR count). The third-order valence-corrected chi connectivity index (χ3v) is 3.09. The van der Waals surface area contributed by atoms with E-state index in [2.05, 4.69) is 37.7 Å². The molecule has 0 fully saturated rings. The maximum Gasteiger partial charge on any atom is 0.328 e. The van der Waals surface area contributed by atoms with Crippen LogP contribution in [0.2, 0.25) is 0 Å². The molecule has 0 radical (unpaired) electrons. The highest BCUT2D eigenvalue weighted by Crippen LogP contribution is 2.27. The van der Waals surface area contributed by atoms with E-state index in [1.54, 1.807) is 6.08 Å². The van der Waals surface area contributed by atoms with Crippen molar-refractivity contribution in [2.24, 2.45) is 13.0 Å². The summed E-state index contributed by atoms with van der Waals surface area (Å²) >= 11 is 0. The minimum atomic E-state index is -0.945. The van der Waals surface area contributed by atoms with E-state index < -0.39 is 5.97 Å². The summed E-state index contributed by atoms with van der Waals surface area (Å²) < 4.78 is 1.83. The normalized spacial score (nSPS) is 11.8. The van der Waals surface area contributed by atoms with Gasteiger partial charge in [-0.25, -0.2) is 4.79 Å². The Bertz CT molecular complexity index is 501. The van der Waals surface area contributed by atoms with Gasteiger partial charge in [-0.05, 0) is 32.8 Å². The van der Waals surface area contributed by atoms with Crippen LogP contribution in [0, 0.1) is 12.8 Å². The van der Waals surface area contributed by atoms with Crippen LogP contribution in [0.25, 0.3) is 6.08 Å². The van der Waals surface area contributed by atoms with Crippen molar-refractivity contribution in [3.63, 3.8) is 0 Å². The predicted octanol–water partition coefficient (Wildman–Crippen LogP) is 2.70. The van der Waals surface area contributed by atoms with Crippen molar-refractivity contribution in [2.75, 3.05) is 11.4 Å². The summed E-state index contributed by atoms with van der Waals surface area (Å²) in [6, 6.07) is 0.323. The SMILES string of the molecule is Cc1nn(C)c(N(CC(C)C)C(C)C)c1C=CC(=O)O. The summed E-state index contributed by atoms with van der Waals surface area (Å²) in [5.74, 6) is 0.548. The zero-order chi connectivity index (χ0) is 15.4. The lowest BCUT2D eigenvalue weighted by molar-refractivity contribution is -0.131. The van der Waals surface area contributed by atoms with E-state index in [1.165, 1.54) is 6.08 Å². The van der Waals surface area contributed by atoms with Gasteiger partial charge < -0.3 is 10.0 Å². The number of aromatic nitrogens is 2. The Morgan fingerprint density at radius 3 is 2.45 bits per heavy atom. The highest BCUT2D eigenvalue weighted by molar-refractivity contribution is 5.87. The summed E-state index contributed by atoms with van der Waals surface area (Å²) in [6.07, 6.45) is 2.80. The molecule has 0 bridgehead atoms. The molecule has 5 nitrogen and oxygen atoms in total. The molecular formula is C15H25N3O2. The third-order valence-electron chi connectivity index (χ3n) is 3.09. The van der Waals surface area contributed by atoms with E-state index in [0.717, 1.165) is 23.6 Å². The van der Waals surface area contributed by atoms with Gasteiger partial charge in [0.2, 0.25) is 0 Å². The number of hydrogen-bond acceptors (Lipinski definition) is 3. The van der Waals surface area contributed by atoms with E-state index in [-0.39, 0.29) is 0 Å². The Hall–Kier alpha value is -1.78. The van der Waals surface area contributed by atoms with Gasteiger partial charge in [-0.3, -0.25) is 4.68 Å². The van der Waals surface area contributed by atoms with Gasteiger partial charge in [0.25, 0.3) is 0 Å². The number of anilines is 1. The van der Waals surface area contributed by atoms with Crippen LogP contribution in [0.3, 0.4) is 0 Å². The van der Waals surface area contributed by atoms with Crippen molar-refractivity contribution < 1.29 is 9.90 Å². The molecule has 1 aromatic heterocycles. The molecule has 0 aliphatic carbocycles. The van der Waals surface area contributed by atoms with E-state index in [1.807, 2.05) is 18.7 Å². The van der Waals surface area contributed by atoms with Crippen molar-refractivity contribution in [3.8, 4) is 0 Å². The zero-order valence-electron chi connectivity index (χ0n) is 13.2. The Balaban J connectivity index is 3.29. The van der Waals surface area contributed by atoms with E-state index >= 15 is 0 Å². The average molecular weight is 279 g/mol. The van der Waals surface area contributed by atoms with Crippen molar-refractivity contribution in [1.82, 2.24) is 9.78 Å². The first kappa shape index (κ1) is 16.3. The Morgan fingerprint density at radius 1 is 1.40 bits per heavy atom. The molecule has 0 aliphatic rings. The molecule has 1 aromatic rings. The first-order valence-electron chi connectivity index (χ1n) is 6.95. The number of carboxylic acid groups (broad SMARTS) is 1. The second kappa shape index (κ2) is 6.59. The van der Waals surface area contributed by atoms with Crippen molar-refractivity contribution in [1.29, 1.82) is 0 Å². The molecule has 5 heteroatoms. The van der Waals surface area contributed by atoms with Crippen LogP contribution in [-0.4, -0.2) is 33.4 Å². The molecule has 0 aliphatic heterocycles. The molecule has 20 heavy (non-hydrogen) atoms. The number of aliphatic carboxylic acids is 1. The van der Waals surface area contributed by atoms with Gasteiger partial charge in [0, 0.05) is 31.3 Å². The predicted molar refractivity (Wildman–Crippen MR) is 81.9 cm³/mol. The van der Waals surface area contributed by atoms with Gasteiger partial charge in [0.15, 0.2) is 0 Å². The molecule has 0 spiro atoms. The van der Waals surface area contributed by atoms with E-state index in [4.69, 9.17) is 5.11 Å². The molecule has 1 N–H and O–H groups in total. The molecule has 112 valence electrons. The number of aryl methyl sites for hydroxylation is 2. The second-order valence-corrected chi connectivity index (χ2v) is 5.76. The molecule has 0 amide bonds. The number of hydrogen-bond donors (Lipinski definition) is 1. The summed E-state index contributed by atoms with van der Waals surface area (Å²) in [5.41, 5.74) is 1.72. The van der Waals surface area contributed by atoms with Gasteiger partial charge >= 0.3 is 5.97 Å². The fourth-order valence-corrected chi connectivity index (χ4v) is 2.29. The number of nitrogens with zero attached hydrogens (tertiary/aromatic N) is 3. The van der Waals surface area contributed by atoms with Gasteiger partial charge in [0.1, 0.15) is 5.82 Å². The van der Waals surface area contributed by atoms with E-state index in [9.17, 15) is 4.79 Å². The largest absolute Gasteiger partial charge is 0.478 e. The lowest BCUT2D eigenvalue weighted by Crippen LogP contribution is -2.36. The quantitative estimate of drug-likeness (QED) is 0.813. The topological polar surface area (TPSA) is 58.4 Å². The first-order valence-corrected chi connectivity index (χ1v) is 6.95. The highest BCUT2D eigenvalue weighted by atomic mass is 16.4. The molecule has 0 atom stereocenters. The highest BCUT2D eigenvalue weighted by Gasteiger charge is 2.21. The lowest BCUT2D eigenvalue weighted by atomic mass is 10.1. The Labute approximate surface area is 120 Å². The van der Waals surface area contributed by atoms with Crippen LogP contribution in [-0.2, 0) is 11.8 Å². The van der Waals surface area contributed by atoms with Crippen LogP contribution >= 0.6 is 0 Å². The van der Waals surface area contributed by atoms with Crippen LogP contribution in [0.4, 0.5) is 5.82 Å². The van der Waals surface area contributed by atoms with Crippen LogP contribution in [0.15, 0.2) is 6.08 Å². The van der Waals surface area contributed by atoms with Gasteiger partial charge in [-0.15, -0.1) is 0 Å². The average Bonchev–Trinajstić information content (AvgIpc) is 2.57. The molecule has 1 heterocycles. The standard InChI is InChI=1S/C15H25N3O2/c1-10(2)9-18(11(3)4)15-13(7-8-14(19)20)12(5)16-17(15)6/h7-8,10-11H,9H2,1-6H3,(H,19,20). The zero-order valence-corrected chi connectivity index (χ0v) is 13.2.